The summed E-state index contributed by atoms with van der Waals surface area (Å²) in [5.74, 6) is -3.38. The Kier molecular flexibility index (Phi) is 5.67. The first-order valence-electron chi connectivity index (χ1n) is 6.48. The van der Waals surface area contributed by atoms with Crippen LogP contribution in [0.1, 0.15) is 18.1 Å². The molecular formula is C14H17F6N. The third kappa shape index (κ3) is 4.91. The average molecular weight is 313 g/mol. The van der Waals surface area contributed by atoms with Crippen LogP contribution in [0.25, 0.3) is 0 Å². The molecule has 0 saturated carbocycles. The number of nitrogens with one attached hydrogen (secondary N) is 1. The van der Waals surface area contributed by atoms with Crippen LogP contribution in [0, 0.1) is 12.8 Å². The molecule has 0 aromatic heterocycles. The minimum absolute atomic E-state index is 0.0270. The quantitative estimate of drug-likeness (QED) is 0.801. The van der Waals surface area contributed by atoms with Crippen molar-refractivity contribution in [2.75, 3.05) is 6.54 Å². The fourth-order valence-corrected chi connectivity index (χ4v) is 2.29. The summed E-state index contributed by atoms with van der Waals surface area (Å²) in [6.45, 7) is 3.17. The third-order valence-electron chi connectivity index (χ3n) is 3.28. The van der Waals surface area contributed by atoms with E-state index in [4.69, 9.17) is 0 Å². The van der Waals surface area contributed by atoms with Crippen LogP contribution in [0.5, 0.6) is 0 Å². The molecule has 1 nitrogen and oxygen atoms in total. The minimum atomic E-state index is -5.34. The van der Waals surface area contributed by atoms with E-state index in [9.17, 15) is 26.3 Å². The van der Waals surface area contributed by atoms with Gasteiger partial charge in [-0.05, 0) is 31.0 Å². The molecule has 0 radical (unpaired) electrons. The molecule has 1 atom stereocenters. The van der Waals surface area contributed by atoms with E-state index in [1.807, 2.05) is 0 Å². The molecule has 0 amide bonds. The zero-order chi connectivity index (χ0) is 16.3. The van der Waals surface area contributed by atoms with Gasteiger partial charge in [0.15, 0.2) is 5.92 Å². The first-order valence-corrected chi connectivity index (χ1v) is 6.48. The normalized spacial score (nSPS) is 14.5. The van der Waals surface area contributed by atoms with E-state index in [0.29, 0.717) is 11.1 Å². The molecular weight excluding hydrogens is 296 g/mol. The molecule has 21 heavy (non-hydrogen) atoms. The molecule has 0 saturated heterocycles. The summed E-state index contributed by atoms with van der Waals surface area (Å²) in [5, 5.41) is 2.33. The Labute approximate surface area is 119 Å². The van der Waals surface area contributed by atoms with Crippen molar-refractivity contribution in [2.45, 2.75) is 38.7 Å². The second-order valence-corrected chi connectivity index (χ2v) is 4.86. The number of alkyl halides is 6. The van der Waals surface area contributed by atoms with Crippen LogP contribution in [0.15, 0.2) is 24.3 Å². The minimum Gasteiger partial charge on any atom is -0.313 e. The van der Waals surface area contributed by atoms with Crippen molar-refractivity contribution >= 4 is 0 Å². The van der Waals surface area contributed by atoms with Gasteiger partial charge >= 0.3 is 12.4 Å². The predicted molar refractivity (Wildman–Crippen MR) is 67.9 cm³/mol. The van der Waals surface area contributed by atoms with Crippen molar-refractivity contribution in [1.29, 1.82) is 0 Å². The number of hydrogen-bond acceptors (Lipinski definition) is 1. The maximum atomic E-state index is 12.8. The monoisotopic (exact) mass is 313 g/mol. The number of halogens is 6. The Hall–Kier alpha value is -1.24. The number of likely N-dealkylation sites (N-methyl/N-ethyl adjacent to an activating group) is 1. The van der Waals surface area contributed by atoms with Gasteiger partial charge in [0.25, 0.3) is 0 Å². The van der Waals surface area contributed by atoms with E-state index in [2.05, 4.69) is 5.32 Å². The first kappa shape index (κ1) is 17.8. The van der Waals surface area contributed by atoms with E-state index in [1.165, 1.54) is 6.92 Å². The Balaban J connectivity index is 3.11. The maximum Gasteiger partial charge on any atom is 0.402 e. The molecule has 0 aliphatic heterocycles. The van der Waals surface area contributed by atoms with Gasteiger partial charge in [-0.2, -0.15) is 26.3 Å². The lowest BCUT2D eigenvalue weighted by molar-refractivity contribution is -0.291. The molecule has 1 rings (SSSR count). The van der Waals surface area contributed by atoms with Gasteiger partial charge in [0.1, 0.15) is 0 Å². The van der Waals surface area contributed by atoms with E-state index < -0.39 is 24.3 Å². The standard InChI is InChI=1S/C14H17F6N/c1-3-21-11(8-10-7-5-4-6-9(10)2)12(13(15,16)17)14(18,19)20/h4-7,11-12,21H,3,8H2,1-2H3. The second-order valence-electron chi connectivity index (χ2n) is 4.86. The van der Waals surface area contributed by atoms with Crippen LogP contribution >= 0.6 is 0 Å². The predicted octanol–water partition coefficient (Wildman–Crippen LogP) is 4.26. The summed E-state index contributed by atoms with van der Waals surface area (Å²) in [6, 6.07) is 4.75. The van der Waals surface area contributed by atoms with Gasteiger partial charge in [0.2, 0.25) is 0 Å². The van der Waals surface area contributed by atoms with Gasteiger partial charge in [0.05, 0.1) is 0 Å². The SMILES string of the molecule is CCNC(Cc1ccccc1C)C(C(F)(F)F)C(F)(F)F. The Morgan fingerprint density at radius 1 is 1.00 bits per heavy atom. The number of benzene rings is 1. The highest BCUT2D eigenvalue weighted by molar-refractivity contribution is 5.26. The molecule has 1 N–H and O–H groups in total. The summed E-state index contributed by atoms with van der Waals surface area (Å²) >= 11 is 0. The van der Waals surface area contributed by atoms with Crippen LogP contribution in [-0.4, -0.2) is 24.9 Å². The van der Waals surface area contributed by atoms with Gasteiger partial charge in [0, 0.05) is 6.04 Å². The summed E-state index contributed by atoms with van der Waals surface area (Å²) in [5.41, 5.74) is 1.14. The molecule has 120 valence electrons. The molecule has 0 fully saturated rings. The van der Waals surface area contributed by atoms with Crippen molar-refractivity contribution in [3.05, 3.63) is 35.4 Å². The van der Waals surface area contributed by atoms with Gasteiger partial charge in [-0.1, -0.05) is 31.2 Å². The summed E-state index contributed by atoms with van der Waals surface area (Å²) in [4.78, 5) is 0. The van der Waals surface area contributed by atoms with E-state index in [0.717, 1.165) is 0 Å². The highest BCUT2D eigenvalue weighted by Gasteiger charge is 2.59. The fraction of sp³-hybridized carbons (Fsp3) is 0.571. The Morgan fingerprint density at radius 2 is 1.52 bits per heavy atom. The lowest BCUT2D eigenvalue weighted by Crippen LogP contribution is -2.52. The third-order valence-corrected chi connectivity index (χ3v) is 3.28. The van der Waals surface area contributed by atoms with Gasteiger partial charge in [-0.15, -0.1) is 0 Å². The Bertz CT molecular complexity index is 438. The number of rotatable bonds is 5. The van der Waals surface area contributed by atoms with Crippen LogP contribution in [0.3, 0.4) is 0 Å². The fourth-order valence-electron chi connectivity index (χ4n) is 2.29. The molecule has 0 heterocycles. The van der Waals surface area contributed by atoms with Crippen LogP contribution in [0.2, 0.25) is 0 Å². The zero-order valence-corrected chi connectivity index (χ0v) is 11.6. The lowest BCUT2D eigenvalue weighted by atomic mass is 9.90. The highest BCUT2D eigenvalue weighted by Crippen LogP contribution is 2.42. The van der Waals surface area contributed by atoms with Crippen molar-refractivity contribution in [3.8, 4) is 0 Å². The van der Waals surface area contributed by atoms with E-state index >= 15 is 0 Å². The molecule has 0 aliphatic rings. The van der Waals surface area contributed by atoms with Gasteiger partial charge in [-0.25, -0.2) is 0 Å². The summed E-state index contributed by atoms with van der Waals surface area (Å²) in [6.07, 6.45) is -11.0. The molecule has 7 heteroatoms. The van der Waals surface area contributed by atoms with Crippen LogP contribution in [-0.2, 0) is 6.42 Å². The van der Waals surface area contributed by atoms with Crippen molar-refractivity contribution in [1.82, 2.24) is 5.32 Å². The average Bonchev–Trinajstić information content (AvgIpc) is 2.28. The van der Waals surface area contributed by atoms with Crippen molar-refractivity contribution in [2.24, 2.45) is 5.92 Å². The van der Waals surface area contributed by atoms with E-state index in [-0.39, 0.29) is 13.0 Å². The molecule has 0 spiro atoms. The molecule has 0 aliphatic carbocycles. The first-order chi connectivity index (χ1) is 9.57. The van der Waals surface area contributed by atoms with Gasteiger partial charge < -0.3 is 5.32 Å². The van der Waals surface area contributed by atoms with Crippen LogP contribution < -0.4 is 5.32 Å². The van der Waals surface area contributed by atoms with E-state index in [1.54, 1.807) is 31.2 Å². The summed E-state index contributed by atoms with van der Waals surface area (Å²) < 4.78 is 77.0. The van der Waals surface area contributed by atoms with Crippen molar-refractivity contribution < 1.29 is 26.3 Å². The van der Waals surface area contributed by atoms with Crippen LogP contribution in [0.4, 0.5) is 26.3 Å². The lowest BCUT2D eigenvalue weighted by Gasteiger charge is -2.31. The molecule has 0 bridgehead atoms. The molecule has 1 aromatic carbocycles. The highest BCUT2D eigenvalue weighted by atomic mass is 19.4. The topological polar surface area (TPSA) is 12.0 Å². The zero-order valence-electron chi connectivity index (χ0n) is 11.6. The molecule has 1 unspecified atom stereocenters. The largest absolute Gasteiger partial charge is 0.402 e. The molecule has 1 aromatic rings. The smallest absolute Gasteiger partial charge is 0.313 e. The second kappa shape index (κ2) is 6.68. The van der Waals surface area contributed by atoms with Crippen molar-refractivity contribution in [3.63, 3.8) is 0 Å². The van der Waals surface area contributed by atoms with Gasteiger partial charge in [-0.3, -0.25) is 0 Å². The Morgan fingerprint density at radius 3 is 1.95 bits per heavy atom. The summed E-state index contributed by atoms with van der Waals surface area (Å²) in [7, 11) is 0. The number of hydrogen-bond donors (Lipinski definition) is 1. The maximum absolute atomic E-state index is 12.8. The number of aryl methyl sites for hydroxylation is 1.